The van der Waals surface area contributed by atoms with Crippen LogP contribution in [-0.2, 0) is 18.4 Å². The first kappa shape index (κ1) is 20.2. The molecule has 3 aromatic carbocycles. The molecule has 1 heterocycles. The Morgan fingerprint density at radius 3 is 2.40 bits per heavy atom. The van der Waals surface area contributed by atoms with E-state index in [9.17, 15) is 0 Å². The SMILES string of the molecule is CC(C)(C)c1ccc(COc2ccc3c(c2)CCN=C3C=Cc2ccccc2)cc1. The van der Waals surface area contributed by atoms with Gasteiger partial charge in [-0.25, -0.2) is 0 Å². The van der Waals surface area contributed by atoms with E-state index in [4.69, 9.17) is 9.73 Å². The minimum Gasteiger partial charge on any atom is -0.489 e. The molecular weight excluding hydrogens is 366 g/mol. The lowest BCUT2D eigenvalue weighted by Crippen LogP contribution is -2.11. The van der Waals surface area contributed by atoms with E-state index in [0.29, 0.717) is 6.61 Å². The van der Waals surface area contributed by atoms with Crippen molar-refractivity contribution in [2.45, 2.75) is 39.2 Å². The zero-order chi connectivity index (χ0) is 21.0. The van der Waals surface area contributed by atoms with Crippen LogP contribution >= 0.6 is 0 Å². The highest BCUT2D eigenvalue weighted by Crippen LogP contribution is 2.25. The Morgan fingerprint density at radius 1 is 0.900 bits per heavy atom. The van der Waals surface area contributed by atoms with Gasteiger partial charge in [-0.1, -0.05) is 81.4 Å². The Balaban J connectivity index is 1.44. The van der Waals surface area contributed by atoms with Crippen LogP contribution in [0.5, 0.6) is 5.75 Å². The summed E-state index contributed by atoms with van der Waals surface area (Å²) in [6, 6.07) is 25.4. The number of benzene rings is 3. The molecule has 0 atom stereocenters. The number of fused-ring (bicyclic) bond motifs is 1. The maximum atomic E-state index is 6.09. The van der Waals surface area contributed by atoms with Crippen molar-refractivity contribution in [1.82, 2.24) is 0 Å². The largest absolute Gasteiger partial charge is 0.489 e. The molecule has 0 aromatic heterocycles. The fourth-order valence-corrected chi connectivity index (χ4v) is 3.65. The van der Waals surface area contributed by atoms with Crippen molar-refractivity contribution in [2.75, 3.05) is 6.54 Å². The molecule has 0 N–H and O–H groups in total. The van der Waals surface area contributed by atoms with E-state index < -0.39 is 0 Å². The summed E-state index contributed by atoms with van der Waals surface area (Å²) in [7, 11) is 0. The van der Waals surface area contributed by atoms with E-state index in [-0.39, 0.29) is 5.41 Å². The van der Waals surface area contributed by atoms with Crippen molar-refractivity contribution in [3.8, 4) is 5.75 Å². The number of hydrogen-bond donors (Lipinski definition) is 0. The molecule has 30 heavy (non-hydrogen) atoms. The summed E-state index contributed by atoms with van der Waals surface area (Å²) >= 11 is 0. The van der Waals surface area contributed by atoms with Gasteiger partial charge in [0, 0.05) is 12.1 Å². The van der Waals surface area contributed by atoms with Crippen LogP contribution < -0.4 is 4.74 Å². The van der Waals surface area contributed by atoms with Crippen LogP contribution in [0.3, 0.4) is 0 Å². The number of ether oxygens (including phenoxy) is 1. The molecule has 4 rings (SSSR count). The summed E-state index contributed by atoms with van der Waals surface area (Å²) < 4.78 is 6.09. The fourth-order valence-electron chi connectivity index (χ4n) is 3.65. The lowest BCUT2D eigenvalue weighted by Gasteiger charge is -2.19. The Kier molecular flexibility index (Phi) is 5.85. The van der Waals surface area contributed by atoms with E-state index in [1.165, 1.54) is 27.8 Å². The lowest BCUT2D eigenvalue weighted by atomic mass is 9.87. The highest BCUT2D eigenvalue weighted by molar-refractivity contribution is 6.12. The number of allylic oxidation sites excluding steroid dienone is 1. The molecule has 1 aliphatic rings. The molecule has 2 nitrogen and oxygen atoms in total. The molecular formula is C28H29NO. The molecule has 0 spiro atoms. The van der Waals surface area contributed by atoms with Crippen LogP contribution in [0.15, 0.2) is 83.9 Å². The Hall–Kier alpha value is -3.13. The first-order valence-corrected chi connectivity index (χ1v) is 10.6. The maximum absolute atomic E-state index is 6.09. The van der Waals surface area contributed by atoms with Crippen molar-refractivity contribution in [3.05, 3.63) is 107 Å². The quantitative estimate of drug-likeness (QED) is 0.475. The van der Waals surface area contributed by atoms with E-state index in [2.05, 4.69) is 99.7 Å². The first-order valence-electron chi connectivity index (χ1n) is 10.6. The van der Waals surface area contributed by atoms with Crippen molar-refractivity contribution >= 4 is 11.8 Å². The number of nitrogens with zero attached hydrogens (tertiary/aromatic N) is 1. The van der Waals surface area contributed by atoms with Gasteiger partial charge in [0.25, 0.3) is 0 Å². The molecule has 0 radical (unpaired) electrons. The van der Waals surface area contributed by atoms with E-state index in [0.717, 1.165) is 24.4 Å². The van der Waals surface area contributed by atoms with E-state index >= 15 is 0 Å². The third kappa shape index (κ3) is 4.88. The van der Waals surface area contributed by atoms with Crippen LogP contribution in [0.4, 0.5) is 0 Å². The molecule has 0 bridgehead atoms. The highest BCUT2D eigenvalue weighted by Gasteiger charge is 2.14. The molecule has 2 heteroatoms. The van der Waals surface area contributed by atoms with Crippen molar-refractivity contribution in [2.24, 2.45) is 4.99 Å². The second kappa shape index (κ2) is 8.71. The lowest BCUT2D eigenvalue weighted by molar-refractivity contribution is 0.306. The third-order valence-corrected chi connectivity index (χ3v) is 5.47. The summed E-state index contributed by atoms with van der Waals surface area (Å²) in [5, 5.41) is 0. The monoisotopic (exact) mass is 395 g/mol. The van der Waals surface area contributed by atoms with Gasteiger partial charge in [-0.3, -0.25) is 4.99 Å². The van der Waals surface area contributed by atoms with E-state index in [1.54, 1.807) is 0 Å². The predicted octanol–water partition coefficient (Wildman–Crippen LogP) is 6.62. The summed E-state index contributed by atoms with van der Waals surface area (Å²) in [6.45, 7) is 8.10. The van der Waals surface area contributed by atoms with Gasteiger partial charge in [0.15, 0.2) is 0 Å². The molecule has 0 unspecified atom stereocenters. The summed E-state index contributed by atoms with van der Waals surface area (Å²) in [6.07, 6.45) is 5.19. The Morgan fingerprint density at radius 2 is 1.67 bits per heavy atom. The molecule has 3 aromatic rings. The number of rotatable bonds is 5. The Labute approximate surface area is 180 Å². The van der Waals surface area contributed by atoms with Crippen LogP contribution in [0.2, 0.25) is 0 Å². The summed E-state index contributed by atoms with van der Waals surface area (Å²) in [4.78, 5) is 4.73. The van der Waals surface area contributed by atoms with Crippen LogP contribution in [0.1, 0.15) is 48.6 Å². The van der Waals surface area contributed by atoms with Gasteiger partial charge in [-0.05, 0) is 58.4 Å². The van der Waals surface area contributed by atoms with Gasteiger partial charge >= 0.3 is 0 Å². The van der Waals surface area contributed by atoms with Gasteiger partial charge in [-0.15, -0.1) is 0 Å². The minimum absolute atomic E-state index is 0.173. The van der Waals surface area contributed by atoms with Crippen molar-refractivity contribution < 1.29 is 4.74 Å². The molecule has 0 saturated carbocycles. The van der Waals surface area contributed by atoms with Gasteiger partial charge in [0.2, 0.25) is 0 Å². The molecule has 0 amide bonds. The normalized spacial score (nSPS) is 13.8. The highest BCUT2D eigenvalue weighted by atomic mass is 16.5. The Bertz CT molecular complexity index is 1050. The second-order valence-corrected chi connectivity index (χ2v) is 8.82. The van der Waals surface area contributed by atoms with Gasteiger partial charge in [-0.2, -0.15) is 0 Å². The summed E-state index contributed by atoms with van der Waals surface area (Å²) in [5.41, 5.74) is 7.44. The third-order valence-electron chi connectivity index (χ3n) is 5.47. The topological polar surface area (TPSA) is 21.6 Å². The van der Waals surface area contributed by atoms with Crippen molar-refractivity contribution in [1.29, 1.82) is 0 Å². The van der Waals surface area contributed by atoms with Gasteiger partial charge < -0.3 is 4.74 Å². The molecule has 0 aliphatic carbocycles. The molecule has 0 saturated heterocycles. The maximum Gasteiger partial charge on any atom is 0.120 e. The number of aliphatic imine (C=N–C) groups is 1. The van der Waals surface area contributed by atoms with Crippen LogP contribution in [0.25, 0.3) is 6.08 Å². The average molecular weight is 396 g/mol. The smallest absolute Gasteiger partial charge is 0.120 e. The van der Waals surface area contributed by atoms with E-state index in [1.807, 2.05) is 6.07 Å². The zero-order valence-electron chi connectivity index (χ0n) is 18.1. The first-order chi connectivity index (χ1) is 14.5. The van der Waals surface area contributed by atoms with Gasteiger partial charge in [0.05, 0.1) is 5.71 Å². The average Bonchev–Trinajstić information content (AvgIpc) is 2.76. The van der Waals surface area contributed by atoms with Crippen molar-refractivity contribution in [3.63, 3.8) is 0 Å². The summed E-state index contributed by atoms with van der Waals surface area (Å²) in [5.74, 6) is 0.918. The number of hydrogen-bond acceptors (Lipinski definition) is 2. The minimum atomic E-state index is 0.173. The molecule has 1 aliphatic heterocycles. The molecule has 152 valence electrons. The van der Waals surface area contributed by atoms with Gasteiger partial charge in [0.1, 0.15) is 12.4 Å². The molecule has 0 fully saturated rings. The fraction of sp³-hybridized carbons (Fsp3) is 0.250. The van der Waals surface area contributed by atoms with Crippen LogP contribution in [-0.4, -0.2) is 12.3 Å². The van der Waals surface area contributed by atoms with Crippen LogP contribution in [0, 0.1) is 0 Å². The second-order valence-electron chi connectivity index (χ2n) is 8.82. The standard InChI is InChI=1S/C28H29NO/c1-28(2,3)24-12-9-22(10-13-24)20-30-25-14-15-26-23(19-25)17-18-29-27(26)16-11-21-7-5-4-6-8-21/h4-16,19H,17-18,20H2,1-3H3. The predicted molar refractivity (Wildman–Crippen MR) is 127 cm³/mol. The zero-order valence-corrected chi connectivity index (χ0v) is 18.1.